The van der Waals surface area contributed by atoms with Crippen LogP contribution in [0.5, 0.6) is 5.75 Å². The average molecular weight is 616 g/mol. The second kappa shape index (κ2) is 12.2. The summed E-state index contributed by atoms with van der Waals surface area (Å²) in [7, 11) is 1.62. The first-order valence-corrected chi connectivity index (χ1v) is 15.2. The van der Waals surface area contributed by atoms with E-state index in [1.54, 1.807) is 36.4 Å². The number of ether oxygens (including phenoxy) is 1. The fraction of sp³-hybridized carbons (Fsp3) is 0.250. The van der Waals surface area contributed by atoms with Crippen molar-refractivity contribution >= 4 is 57.4 Å². The van der Waals surface area contributed by atoms with Gasteiger partial charge in [0.1, 0.15) is 27.4 Å². The van der Waals surface area contributed by atoms with Crippen molar-refractivity contribution in [3.05, 3.63) is 105 Å². The Hall–Kier alpha value is -4.22. The van der Waals surface area contributed by atoms with Crippen LogP contribution in [-0.2, 0) is 11.2 Å². The van der Waals surface area contributed by atoms with Crippen LogP contribution in [0.1, 0.15) is 16.7 Å². The lowest BCUT2D eigenvalue weighted by Gasteiger charge is -2.37. The molecule has 0 unspecified atom stereocenters. The van der Waals surface area contributed by atoms with Crippen LogP contribution >= 0.6 is 24.0 Å². The van der Waals surface area contributed by atoms with E-state index >= 15 is 0 Å². The number of piperazine rings is 1. The second-order valence-electron chi connectivity index (χ2n) is 10.4. The summed E-state index contributed by atoms with van der Waals surface area (Å²) in [5, 5.41) is 0. The minimum atomic E-state index is -0.261. The van der Waals surface area contributed by atoms with Gasteiger partial charge in [-0.1, -0.05) is 54.3 Å². The van der Waals surface area contributed by atoms with Gasteiger partial charge in [0.15, 0.2) is 0 Å². The Morgan fingerprint density at radius 3 is 2.44 bits per heavy atom. The van der Waals surface area contributed by atoms with Crippen LogP contribution in [0.4, 0.5) is 15.9 Å². The normalized spacial score (nSPS) is 16.5. The number of aromatic nitrogens is 2. The fourth-order valence-corrected chi connectivity index (χ4v) is 6.63. The molecule has 0 bridgehead atoms. The topological polar surface area (TPSA) is 70.4 Å². The van der Waals surface area contributed by atoms with Gasteiger partial charge in [-0.25, -0.2) is 9.37 Å². The molecule has 1 amide bonds. The highest BCUT2D eigenvalue weighted by Crippen LogP contribution is 2.34. The van der Waals surface area contributed by atoms with Crippen molar-refractivity contribution in [1.82, 2.24) is 14.3 Å². The van der Waals surface area contributed by atoms with E-state index in [-0.39, 0.29) is 17.3 Å². The van der Waals surface area contributed by atoms with Gasteiger partial charge in [-0.3, -0.25) is 18.9 Å². The Balaban J connectivity index is 1.29. The van der Waals surface area contributed by atoms with Crippen LogP contribution < -0.4 is 20.1 Å². The number of halogens is 1. The quantitative estimate of drug-likeness (QED) is 0.214. The van der Waals surface area contributed by atoms with Gasteiger partial charge in [-0.2, -0.15) is 0 Å². The highest BCUT2D eigenvalue weighted by Gasteiger charge is 2.33. The van der Waals surface area contributed by atoms with Gasteiger partial charge in [-0.05, 0) is 60.9 Å². The summed E-state index contributed by atoms with van der Waals surface area (Å²) >= 11 is 6.78. The van der Waals surface area contributed by atoms with E-state index in [0.717, 1.165) is 16.9 Å². The van der Waals surface area contributed by atoms with Crippen molar-refractivity contribution < 1.29 is 13.9 Å². The first-order valence-electron chi connectivity index (χ1n) is 14.0. The number of thioether (sulfide) groups is 1. The number of para-hydroxylation sites is 1. The summed E-state index contributed by atoms with van der Waals surface area (Å²) in [5.41, 5.74) is 3.12. The third-order valence-electron chi connectivity index (χ3n) is 7.69. The highest BCUT2D eigenvalue weighted by molar-refractivity contribution is 8.26. The number of aryl methyl sites for hydroxylation is 1. The number of carbonyl (C=O) groups is 1. The molecule has 4 heterocycles. The molecule has 2 aromatic heterocycles. The van der Waals surface area contributed by atoms with Crippen molar-refractivity contribution in [3.8, 4) is 5.75 Å². The molecule has 43 heavy (non-hydrogen) atoms. The largest absolute Gasteiger partial charge is 0.497 e. The molecule has 4 aromatic rings. The van der Waals surface area contributed by atoms with Crippen LogP contribution in [0, 0.1) is 12.7 Å². The van der Waals surface area contributed by atoms with Crippen LogP contribution in [0.15, 0.2) is 76.6 Å². The van der Waals surface area contributed by atoms with Gasteiger partial charge in [0.05, 0.1) is 23.3 Å². The van der Waals surface area contributed by atoms with Gasteiger partial charge in [0.25, 0.3) is 11.5 Å². The zero-order chi connectivity index (χ0) is 30.1. The molecule has 2 aliphatic heterocycles. The molecule has 2 saturated heterocycles. The highest BCUT2D eigenvalue weighted by atomic mass is 32.2. The van der Waals surface area contributed by atoms with E-state index in [1.165, 1.54) is 22.2 Å². The second-order valence-corrected chi connectivity index (χ2v) is 12.1. The van der Waals surface area contributed by atoms with Crippen molar-refractivity contribution in [3.63, 3.8) is 0 Å². The number of methoxy groups -OCH3 is 1. The van der Waals surface area contributed by atoms with E-state index < -0.39 is 0 Å². The number of benzene rings is 2. The van der Waals surface area contributed by atoms with Crippen LogP contribution in [0.2, 0.25) is 0 Å². The molecule has 220 valence electrons. The monoisotopic (exact) mass is 615 g/mol. The van der Waals surface area contributed by atoms with E-state index in [0.29, 0.717) is 71.1 Å². The summed E-state index contributed by atoms with van der Waals surface area (Å²) < 4.78 is 21.7. The Labute approximate surface area is 258 Å². The predicted octanol–water partition coefficient (Wildman–Crippen LogP) is 4.92. The molecule has 0 aliphatic carbocycles. The lowest BCUT2D eigenvalue weighted by atomic mass is 10.1. The molecule has 2 aliphatic rings. The van der Waals surface area contributed by atoms with Crippen molar-refractivity contribution in [2.24, 2.45) is 0 Å². The maximum absolute atomic E-state index is 14.5. The lowest BCUT2D eigenvalue weighted by Crippen LogP contribution is -2.47. The maximum Gasteiger partial charge on any atom is 0.267 e. The number of pyridine rings is 1. The number of rotatable bonds is 7. The van der Waals surface area contributed by atoms with E-state index in [2.05, 4.69) is 0 Å². The minimum absolute atomic E-state index is 0.229. The average Bonchev–Trinajstić information content (AvgIpc) is 3.29. The van der Waals surface area contributed by atoms with Crippen molar-refractivity contribution in [2.45, 2.75) is 13.3 Å². The number of fused-ring (bicyclic) bond motifs is 1. The molecule has 0 saturated carbocycles. The standard InChI is InChI=1S/C32H30FN5O3S2/c1-21-7-12-28-34-29(36-17-15-35(16-18-36)26-6-4-3-5-25(26)33)24(30(39)38(28)20-21)19-27-31(40)37(32(42)43-27)14-13-22-8-10-23(41-2)11-9-22/h3-12,19-20H,13-18H2,1-2H3/b27-19+. The molecule has 0 spiro atoms. The molecular weight excluding hydrogens is 586 g/mol. The summed E-state index contributed by atoms with van der Waals surface area (Å²) in [6.07, 6.45) is 4.01. The smallest absolute Gasteiger partial charge is 0.267 e. The van der Waals surface area contributed by atoms with Crippen molar-refractivity contribution in [2.75, 3.05) is 49.6 Å². The molecule has 2 aromatic carbocycles. The molecule has 6 rings (SSSR count). The molecule has 0 N–H and O–H groups in total. The number of hydrogen-bond donors (Lipinski definition) is 0. The predicted molar refractivity (Wildman–Crippen MR) is 174 cm³/mol. The van der Waals surface area contributed by atoms with Crippen LogP contribution in [0.25, 0.3) is 11.7 Å². The van der Waals surface area contributed by atoms with Crippen LogP contribution in [-0.4, -0.2) is 64.3 Å². The zero-order valence-electron chi connectivity index (χ0n) is 23.8. The molecule has 0 atom stereocenters. The number of amides is 1. The number of anilines is 2. The van der Waals surface area contributed by atoms with Gasteiger partial charge in [-0.15, -0.1) is 0 Å². The summed E-state index contributed by atoms with van der Waals surface area (Å²) in [5.74, 6) is 0.786. The van der Waals surface area contributed by atoms with Gasteiger partial charge < -0.3 is 14.5 Å². The fourth-order valence-electron chi connectivity index (χ4n) is 5.34. The Bertz CT molecular complexity index is 1800. The van der Waals surface area contributed by atoms with E-state index in [9.17, 15) is 14.0 Å². The third kappa shape index (κ3) is 5.87. The Morgan fingerprint density at radius 2 is 1.72 bits per heavy atom. The number of nitrogens with zero attached hydrogens (tertiary/aromatic N) is 5. The van der Waals surface area contributed by atoms with E-state index in [1.807, 2.05) is 59.2 Å². The number of hydrogen-bond acceptors (Lipinski definition) is 8. The molecule has 11 heteroatoms. The van der Waals surface area contributed by atoms with Crippen LogP contribution in [0.3, 0.4) is 0 Å². The summed E-state index contributed by atoms with van der Waals surface area (Å²) in [4.78, 5) is 38.3. The minimum Gasteiger partial charge on any atom is -0.497 e. The van der Waals surface area contributed by atoms with Crippen molar-refractivity contribution in [1.29, 1.82) is 0 Å². The Morgan fingerprint density at radius 1 is 1.00 bits per heavy atom. The molecule has 0 radical (unpaired) electrons. The van der Waals surface area contributed by atoms with Gasteiger partial charge >= 0.3 is 0 Å². The van der Waals surface area contributed by atoms with Gasteiger partial charge in [0.2, 0.25) is 0 Å². The SMILES string of the molecule is COc1ccc(CCN2C(=O)/C(=C\c3c(N4CCN(c5ccccc5F)CC4)nc4ccc(C)cn4c3=O)SC2=S)cc1. The molecular formula is C32H30FN5O3S2. The molecule has 8 nitrogen and oxygen atoms in total. The van der Waals surface area contributed by atoms with E-state index in [4.69, 9.17) is 21.9 Å². The zero-order valence-corrected chi connectivity index (χ0v) is 25.5. The number of thiocarbonyl (C=S) groups is 1. The third-order valence-corrected chi connectivity index (χ3v) is 9.07. The lowest BCUT2D eigenvalue weighted by molar-refractivity contribution is -0.122. The summed E-state index contributed by atoms with van der Waals surface area (Å²) in [6.45, 7) is 4.52. The molecule has 2 fully saturated rings. The first kappa shape index (κ1) is 28.9. The first-order chi connectivity index (χ1) is 20.8. The summed E-state index contributed by atoms with van der Waals surface area (Å²) in [6, 6.07) is 18.2. The number of carbonyl (C=O) groups excluding carboxylic acids is 1. The Kier molecular flexibility index (Phi) is 8.18. The maximum atomic E-state index is 14.5. The van der Waals surface area contributed by atoms with Gasteiger partial charge in [0, 0.05) is 38.9 Å².